The number of aryl methyl sites for hydroxylation is 1. The lowest BCUT2D eigenvalue weighted by molar-refractivity contribution is -0.173. The van der Waals surface area contributed by atoms with Crippen LogP contribution in [-0.4, -0.2) is 34.1 Å². The van der Waals surface area contributed by atoms with Crippen molar-refractivity contribution in [1.29, 1.82) is 0 Å². The average Bonchev–Trinajstić information content (AvgIpc) is 3.27. The van der Waals surface area contributed by atoms with Crippen molar-refractivity contribution in [2.75, 3.05) is 17.7 Å². The second-order valence-electron chi connectivity index (χ2n) is 8.01. The standard InChI is InChI=1S/C23H23F3N6O2S/c1-13-3-7-15(8-4-13)28-22(35)31-30-21(33)17-12-27-32-19(23(24,25)26)11-18(29-20(17)32)14-5-9-16(34-2)10-6-14/h3-10,12,18-19,29H,11H2,1-2H3,(H,30,33)(H2,28,31,35)/t18-,19+/m0/s1. The smallest absolute Gasteiger partial charge is 0.410 e. The van der Waals surface area contributed by atoms with Crippen molar-refractivity contribution in [3.8, 4) is 5.75 Å². The maximum absolute atomic E-state index is 13.9. The van der Waals surface area contributed by atoms with E-state index in [-0.39, 0.29) is 22.9 Å². The summed E-state index contributed by atoms with van der Waals surface area (Å²) in [4.78, 5) is 12.8. The van der Waals surface area contributed by atoms with Crippen LogP contribution in [0.4, 0.5) is 24.7 Å². The maximum Gasteiger partial charge on any atom is 0.410 e. The van der Waals surface area contributed by atoms with Gasteiger partial charge in [0.05, 0.1) is 19.3 Å². The Labute approximate surface area is 204 Å². The molecule has 0 saturated carbocycles. The van der Waals surface area contributed by atoms with Gasteiger partial charge in [-0.15, -0.1) is 0 Å². The number of fused-ring (bicyclic) bond motifs is 1. The van der Waals surface area contributed by atoms with Gasteiger partial charge in [0, 0.05) is 12.1 Å². The zero-order chi connectivity index (χ0) is 25.2. The fourth-order valence-electron chi connectivity index (χ4n) is 3.76. The Morgan fingerprint density at radius 3 is 2.46 bits per heavy atom. The molecule has 0 bridgehead atoms. The minimum absolute atomic E-state index is 0.0314. The number of anilines is 2. The van der Waals surface area contributed by atoms with E-state index in [9.17, 15) is 18.0 Å². The van der Waals surface area contributed by atoms with E-state index in [4.69, 9.17) is 17.0 Å². The molecule has 3 aromatic rings. The number of ether oxygens (including phenoxy) is 1. The van der Waals surface area contributed by atoms with Crippen LogP contribution < -0.4 is 26.2 Å². The number of hydrazine groups is 1. The molecule has 2 heterocycles. The molecule has 2 aromatic carbocycles. The quantitative estimate of drug-likeness (QED) is 0.307. The lowest BCUT2D eigenvalue weighted by Gasteiger charge is -2.34. The van der Waals surface area contributed by atoms with E-state index >= 15 is 0 Å². The third-order valence-electron chi connectivity index (χ3n) is 5.60. The Kier molecular flexibility index (Phi) is 6.83. The van der Waals surface area contributed by atoms with Gasteiger partial charge in [0.1, 0.15) is 17.1 Å². The lowest BCUT2D eigenvalue weighted by Crippen LogP contribution is -2.44. The Hall–Kier alpha value is -3.80. The average molecular weight is 505 g/mol. The largest absolute Gasteiger partial charge is 0.497 e. The van der Waals surface area contributed by atoms with Crippen molar-refractivity contribution in [3.63, 3.8) is 0 Å². The Morgan fingerprint density at radius 2 is 1.83 bits per heavy atom. The summed E-state index contributed by atoms with van der Waals surface area (Å²) < 4.78 is 47.6. The number of nitrogens with zero attached hydrogens (tertiary/aromatic N) is 2. The predicted octanol–water partition coefficient (Wildman–Crippen LogP) is 4.49. The first-order valence-corrected chi connectivity index (χ1v) is 11.0. The molecule has 0 aliphatic carbocycles. The number of nitrogens with one attached hydrogen (secondary N) is 4. The van der Waals surface area contributed by atoms with Gasteiger partial charge in [0.2, 0.25) is 0 Å². The Balaban J connectivity index is 1.51. The summed E-state index contributed by atoms with van der Waals surface area (Å²) in [5.74, 6) is -0.137. The summed E-state index contributed by atoms with van der Waals surface area (Å²) in [7, 11) is 1.51. The first-order chi connectivity index (χ1) is 16.7. The molecule has 0 fully saturated rings. The van der Waals surface area contributed by atoms with E-state index < -0.39 is 24.2 Å². The summed E-state index contributed by atoms with van der Waals surface area (Å²) >= 11 is 5.18. The second kappa shape index (κ2) is 9.82. The number of aromatic nitrogens is 2. The highest BCUT2D eigenvalue weighted by molar-refractivity contribution is 7.80. The zero-order valence-corrected chi connectivity index (χ0v) is 19.6. The lowest BCUT2D eigenvalue weighted by atomic mass is 9.96. The van der Waals surface area contributed by atoms with Crippen LogP contribution in [0.1, 0.15) is 40.0 Å². The molecular weight excluding hydrogens is 481 g/mol. The molecule has 4 N–H and O–H groups in total. The van der Waals surface area contributed by atoms with E-state index in [0.29, 0.717) is 17.0 Å². The normalized spacial score (nSPS) is 17.1. The molecule has 0 spiro atoms. The van der Waals surface area contributed by atoms with E-state index in [1.54, 1.807) is 24.3 Å². The van der Waals surface area contributed by atoms with Crippen LogP contribution in [0, 0.1) is 6.92 Å². The zero-order valence-electron chi connectivity index (χ0n) is 18.8. The van der Waals surface area contributed by atoms with Crippen molar-refractivity contribution in [2.45, 2.75) is 31.6 Å². The monoisotopic (exact) mass is 504 g/mol. The summed E-state index contributed by atoms with van der Waals surface area (Å²) in [6.45, 7) is 1.95. The summed E-state index contributed by atoms with van der Waals surface area (Å²) in [6, 6.07) is 11.6. The van der Waals surface area contributed by atoms with Gasteiger partial charge in [0.15, 0.2) is 11.2 Å². The molecule has 2 atom stereocenters. The van der Waals surface area contributed by atoms with Crippen LogP contribution in [0.3, 0.4) is 0 Å². The van der Waals surface area contributed by atoms with Gasteiger partial charge in [-0.05, 0) is 49.0 Å². The first kappa shape index (κ1) is 24.3. The molecule has 12 heteroatoms. The summed E-state index contributed by atoms with van der Waals surface area (Å²) in [5, 5.41) is 9.92. The van der Waals surface area contributed by atoms with Gasteiger partial charge < -0.3 is 15.4 Å². The number of alkyl halides is 3. The number of thiocarbonyl (C=S) groups is 1. The van der Waals surface area contributed by atoms with Crippen molar-refractivity contribution in [2.24, 2.45) is 0 Å². The molecular formula is C23H23F3N6O2S. The van der Waals surface area contributed by atoms with Crippen LogP contribution in [-0.2, 0) is 0 Å². The molecule has 0 saturated heterocycles. The molecule has 4 rings (SSSR count). The van der Waals surface area contributed by atoms with Gasteiger partial charge in [-0.3, -0.25) is 15.6 Å². The van der Waals surface area contributed by atoms with E-state index in [1.807, 2.05) is 31.2 Å². The molecule has 184 valence electrons. The van der Waals surface area contributed by atoms with Gasteiger partial charge in [-0.1, -0.05) is 29.8 Å². The van der Waals surface area contributed by atoms with Crippen molar-refractivity contribution in [3.05, 3.63) is 71.4 Å². The number of rotatable bonds is 4. The number of hydrogen-bond donors (Lipinski definition) is 4. The third-order valence-corrected chi connectivity index (χ3v) is 5.80. The Morgan fingerprint density at radius 1 is 1.14 bits per heavy atom. The predicted molar refractivity (Wildman–Crippen MR) is 129 cm³/mol. The van der Waals surface area contributed by atoms with E-state index in [1.165, 1.54) is 7.11 Å². The topological polar surface area (TPSA) is 92.2 Å². The van der Waals surface area contributed by atoms with Crippen LogP contribution in [0.15, 0.2) is 54.7 Å². The fourth-order valence-corrected chi connectivity index (χ4v) is 3.93. The molecule has 1 aromatic heterocycles. The number of carbonyl (C=O) groups excluding carboxylic acids is 1. The number of amides is 1. The number of methoxy groups -OCH3 is 1. The molecule has 1 aliphatic heterocycles. The molecule has 1 aliphatic rings. The van der Waals surface area contributed by atoms with Gasteiger partial charge in [-0.25, -0.2) is 4.68 Å². The van der Waals surface area contributed by atoms with Crippen LogP contribution in [0.25, 0.3) is 0 Å². The maximum atomic E-state index is 13.9. The minimum Gasteiger partial charge on any atom is -0.497 e. The van der Waals surface area contributed by atoms with Gasteiger partial charge >= 0.3 is 6.18 Å². The second-order valence-corrected chi connectivity index (χ2v) is 8.42. The van der Waals surface area contributed by atoms with Crippen LogP contribution in [0.2, 0.25) is 0 Å². The Bertz CT molecular complexity index is 1210. The minimum atomic E-state index is -4.56. The number of benzene rings is 2. The molecule has 1 amide bonds. The molecule has 0 unspecified atom stereocenters. The first-order valence-electron chi connectivity index (χ1n) is 10.6. The molecule has 35 heavy (non-hydrogen) atoms. The number of carbonyl (C=O) groups is 1. The fraction of sp³-hybridized carbons (Fsp3) is 0.261. The highest BCUT2D eigenvalue weighted by Gasteiger charge is 2.47. The van der Waals surface area contributed by atoms with Gasteiger partial charge in [0.25, 0.3) is 5.91 Å². The van der Waals surface area contributed by atoms with Crippen molar-refractivity contribution in [1.82, 2.24) is 20.6 Å². The van der Waals surface area contributed by atoms with Gasteiger partial charge in [-0.2, -0.15) is 18.3 Å². The van der Waals surface area contributed by atoms with E-state index in [2.05, 4.69) is 26.6 Å². The highest BCUT2D eigenvalue weighted by Crippen LogP contribution is 2.44. The third kappa shape index (κ3) is 5.48. The molecule has 8 nitrogen and oxygen atoms in total. The van der Waals surface area contributed by atoms with Crippen molar-refractivity contribution < 1.29 is 22.7 Å². The number of halogens is 3. The van der Waals surface area contributed by atoms with Crippen LogP contribution in [0.5, 0.6) is 5.75 Å². The van der Waals surface area contributed by atoms with E-state index in [0.717, 1.165) is 16.4 Å². The SMILES string of the molecule is COc1ccc([C@@H]2C[C@H](C(F)(F)F)n3ncc(C(=O)NNC(=S)Nc4ccc(C)cc4)c3N2)cc1. The van der Waals surface area contributed by atoms with Crippen molar-refractivity contribution >= 4 is 34.7 Å². The summed E-state index contributed by atoms with van der Waals surface area (Å²) in [6.07, 6.45) is -3.74. The molecule has 0 radical (unpaired) electrons. The number of hydrogen-bond acceptors (Lipinski definition) is 5. The van der Waals surface area contributed by atoms with Crippen LogP contribution >= 0.6 is 12.2 Å². The highest BCUT2D eigenvalue weighted by atomic mass is 32.1. The summed E-state index contributed by atoms with van der Waals surface area (Å²) in [5.41, 5.74) is 7.32.